The zero-order chi connectivity index (χ0) is 17.1. The maximum Gasteiger partial charge on any atom is 0.192 e. The molecule has 0 N–H and O–H groups in total. The SMILES string of the molecule is CC1(C)O[C@H]2[C@@H](O1)C(=O)C[C@@H]2C(C)(C)O[Si](C)(C)C(C)(C)C. The molecule has 2 rings (SSSR count). The third kappa shape index (κ3) is 3.18. The minimum atomic E-state index is -1.92. The number of carbonyl (C=O) groups is 1. The molecule has 1 saturated heterocycles. The third-order valence-corrected chi connectivity index (χ3v) is 10.1. The molecule has 0 unspecified atom stereocenters. The summed E-state index contributed by atoms with van der Waals surface area (Å²) in [6.45, 7) is 19.1. The van der Waals surface area contributed by atoms with Crippen molar-refractivity contribution in [3.05, 3.63) is 0 Å². The first-order chi connectivity index (χ1) is 9.66. The van der Waals surface area contributed by atoms with E-state index in [0.717, 1.165) is 0 Å². The van der Waals surface area contributed by atoms with Crippen molar-refractivity contribution in [2.24, 2.45) is 5.92 Å². The van der Waals surface area contributed by atoms with Crippen molar-refractivity contribution in [2.45, 2.75) is 96.6 Å². The van der Waals surface area contributed by atoms with E-state index in [1.54, 1.807) is 0 Å². The first-order valence-corrected chi connectivity index (χ1v) is 11.2. The Morgan fingerprint density at radius 1 is 1.14 bits per heavy atom. The molecule has 0 radical (unpaired) electrons. The monoisotopic (exact) mass is 328 g/mol. The number of rotatable bonds is 3. The molecule has 0 spiro atoms. The van der Waals surface area contributed by atoms with Gasteiger partial charge in [0.1, 0.15) is 12.2 Å². The standard InChI is InChI=1S/C17H32O4Si/c1-15(2,3)22(8,9)21-16(4,5)11-10-12(18)14-13(11)19-17(6,7)20-14/h11,13-14H,10H2,1-9H3/t11-,13+,14-/m0/s1. The summed E-state index contributed by atoms with van der Waals surface area (Å²) >= 11 is 0. The molecule has 0 amide bonds. The van der Waals surface area contributed by atoms with Crippen LogP contribution >= 0.6 is 0 Å². The van der Waals surface area contributed by atoms with Crippen molar-refractivity contribution in [3.8, 4) is 0 Å². The number of ether oxygens (including phenoxy) is 2. The van der Waals surface area contributed by atoms with Crippen molar-refractivity contribution >= 4 is 14.1 Å². The van der Waals surface area contributed by atoms with Gasteiger partial charge in [0.2, 0.25) is 0 Å². The summed E-state index contributed by atoms with van der Waals surface area (Å²) < 4.78 is 18.5. The van der Waals surface area contributed by atoms with Crippen LogP contribution < -0.4 is 0 Å². The highest BCUT2D eigenvalue weighted by atomic mass is 28.4. The number of hydrogen-bond donors (Lipinski definition) is 0. The molecular formula is C17H32O4Si. The van der Waals surface area contributed by atoms with Crippen LogP contribution in [0.4, 0.5) is 0 Å². The minimum absolute atomic E-state index is 0.0425. The third-order valence-electron chi connectivity index (χ3n) is 5.48. The molecule has 0 aromatic heterocycles. The van der Waals surface area contributed by atoms with E-state index in [-0.39, 0.29) is 22.8 Å². The maximum absolute atomic E-state index is 12.3. The van der Waals surface area contributed by atoms with E-state index < -0.39 is 25.8 Å². The second kappa shape index (κ2) is 5.13. The second-order valence-electron chi connectivity index (χ2n) is 9.26. The number of carbonyl (C=O) groups excluding carboxylic acids is 1. The molecular weight excluding hydrogens is 296 g/mol. The van der Waals surface area contributed by atoms with Gasteiger partial charge in [-0.3, -0.25) is 4.79 Å². The maximum atomic E-state index is 12.3. The lowest BCUT2D eigenvalue weighted by Gasteiger charge is -2.46. The van der Waals surface area contributed by atoms with Gasteiger partial charge < -0.3 is 13.9 Å². The Bertz CT molecular complexity index is 462. The molecule has 1 saturated carbocycles. The predicted molar refractivity (Wildman–Crippen MR) is 89.3 cm³/mol. The Morgan fingerprint density at radius 3 is 2.18 bits per heavy atom. The van der Waals surface area contributed by atoms with Gasteiger partial charge in [0.15, 0.2) is 19.9 Å². The number of fused-ring (bicyclic) bond motifs is 1. The first kappa shape index (κ1) is 18.1. The number of ketones is 1. The van der Waals surface area contributed by atoms with Gasteiger partial charge in [0.25, 0.3) is 0 Å². The van der Waals surface area contributed by atoms with Gasteiger partial charge in [-0.1, -0.05) is 20.8 Å². The van der Waals surface area contributed by atoms with Gasteiger partial charge in [0, 0.05) is 12.3 Å². The quantitative estimate of drug-likeness (QED) is 0.737. The molecule has 128 valence electrons. The molecule has 0 aromatic carbocycles. The Balaban J connectivity index is 2.22. The van der Waals surface area contributed by atoms with Crippen LogP contribution in [0.5, 0.6) is 0 Å². The highest BCUT2D eigenvalue weighted by molar-refractivity contribution is 6.74. The fourth-order valence-corrected chi connectivity index (χ4v) is 5.08. The predicted octanol–water partition coefficient (Wildman–Crippen LogP) is 3.90. The average molecular weight is 329 g/mol. The first-order valence-electron chi connectivity index (χ1n) is 8.25. The lowest BCUT2D eigenvalue weighted by Crippen LogP contribution is -2.52. The van der Waals surface area contributed by atoms with Crippen LogP contribution in [0.25, 0.3) is 0 Å². The smallest absolute Gasteiger partial charge is 0.192 e. The van der Waals surface area contributed by atoms with Gasteiger partial charge in [0.05, 0.1) is 5.60 Å². The number of hydrogen-bond acceptors (Lipinski definition) is 4. The minimum Gasteiger partial charge on any atom is -0.412 e. The Hall–Kier alpha value is -0.233. The fraction of sp³-hybridized carbons (Fsp3) is 0.941. The van der Waals surface area contributed by atoms with Gasteiger partial charge in [-0.05, 0) is 45.8 Å². The van der Waals surface area contributed by atoms with E-state index in [1.165, 1.54) is 0 Å². The molecule has 4 nitrogen and oxygen atoms in total. The fourth-order valence-electron chi connectivity index (χ4n) is 3.31. The topological polar surface area (TPSA) is 44.8 Å². The van der Waals surface area contributed by atoms with E-state index in [9.17, 15) is 4.79 Å². The summed E-state index contributed by atoms with van der Waals surface area (Å²) in [7, 11) is -1.92. The zero-order valence-electron chi connectivity index (χ0n) is 15.6. The van der Waals surface area contributed by atoms with E-state index in [0.29, 0.717) is 6.42 Å². The summed E-state index contributed by atoms with van der Waals surface area (Å²) in [4.78, 5) is 12.3. The summed E-state index contributed by atoms with van der Waals surface area (Å²) in [6, 6.07) is 0. The van der Waals surface area contributed by atoms with Crippen LogP contribution in [0.1, 0.15) is 54.9 Å². The Kier molecular flexibility index (Phi) is 4.22. The van der Waals surface area contributed by atoms with Gasteiger partial charge in [-0.2, -0.15) is 0 Å². The Labute approximate surface area is 136 Å². The average Bonchev–Trinajstić information content (AvgIpc) is 2.71. The highest BCUT2D eigenvalue weighted by Crippen LogP contribution is 2.48. The van der Waals surface area contributed by atoms with E-state index in [2.05, 4.69) is 47.7 Å². The molecule has 1 aliphatic carbocycles. The van der Waals surface area contributed by atoms with Crippen LogP contribution in [0.3, 0.4) is 0 Å². The second-order valence-corrected chi connectivity index (χ2v) is 14.0. The molecule has 22 heavy (non-hydrogen) atoms. The molecule has 1 heterocycles. The lowest BCUT2D eigenvalue weighted by molar-refractivity contribution is -0.169. The van der Waals surface area contributed by atoms with Crippen molar-refractivity contribution in [3.63, 3.8) is 0 Å². The molecule has 0 aromatic rings. The molecule has 5 heteroatoms. The zero-order valence-corrected chi connectivity index (χ0v) is 16.6. The largest absolute Gasteiger partial charge is 0.412 e. The summed E-state index contributed by atoms with van der Waals surface area (Å²) in [5.41, 5.74) is -0.401. The molecule has 3 atom stereocenters. The van der Waals surface area contributed by atoms with Crippen LogP contribution in [-0.4, -0.2) is 37.7 Å². The lowest BCUT2D eigenvalue weighted by atomic mass is 9.88. The highest BCUT2D eigenvalue weighted by Gasteiger charge is 2.58. The van der Waals surface area contributed by atoms with Crippen LogP contribution in [0.2, 0.25) is 18.1 Å². The summed E-state index contributed by atoms with van der Waals surface area (Å²) in [5.74, 6) is -0.495. The molecule has 0 bridgehead atoms. The normalized spacial score (nSPS) is 32.4. The van der Waals surface area contributed by atoms with Crippen LogP contribution in [0, 0.1) is 5.92 Å². The van der Waals surface area contributed by atoms with E-state index >= 15 is 0 Å². The van der Waals surface area contributed by atoms with Crippen molar-refractivity contribution in [1.82, 2.24) is 0 Å². The van der Waals surface area contributed by atoms with Crippen LogP contribution in [0.15, 0.2) is 0 Å². The van der Waals surface area contributed by atoms with E-state index in [1.807, 2.05) is 13.8 Å². The molecule has 2 fully saturated rings. The Morgan fingerprint density at radius 2 is 1.68 bits per heavy atom. The van der Waals surface area contributed by atoms with Gasteiger partial charge in [-0.25, -0.2) is 0 Å². The van der Waals surface area contributed by atoms with Crippen molar-refractivity contribution < 1.29 is 18.7 Å². The van der Waals surface area contributed by atoms with Crippen LogP contribution in [-0.2, 0) is 18.7 Å². The van der Waals surface area contributed by atoms with Gasteiger partial charge >= 0.3 is 0 Å². The van der Waals surface area contributed by atoms with Crippen molar-refractivity contribution in [2.75, 3.05) is 0 Å². The van der Waals surface area contributed by atoms with E-state index in [4.69, 9.17) is 13.9 Å². The van der Waals surface area contributed by atoms with Gasteiger partial charge in [-0.15, -0.1) is 0 Å². The van der Waals surface area contributed by atoms with Crippen molar-refractivity contribution in [1.29, 1.82) is 0 Å². The molecule has 1 aliphatic heterocycles. The summed E-state index contributed by atoms with van der Waals surface area (Å²) in [6.07, 6.45) is -0.142. The number of Topliss-reactive ketones (excluding diaryl/α,β-unsaturated/α-hetero) is 1. The summed E-state index contributed by atoms with van der Waals surface area (Å²) in [5, 5.41) is 0.137. The molecule has 2 aliphatic rings.